The van der Waals surface area contributed by atoms with Gasteiger partial charge in [0, 0.05) is 22.7 Å². The highest BCUT2D eigenvalue weighted by atomic mass is 16.5. The van der Waals surface area contributed by atoms with Crippen LogP contribution in [0.5, 0.6) is 0 Å². The van der Waals surface area contributed by atoms with E-state index in [9.17, 15) is 9.59 Å². The van der Waals surface area contributed by atoms with Crippen molar-refractivity contribution in [3.63, 3.8) is 0 Å². The minimum Gasteiger partial charge on any atom is -0.469 e. The summed E-state index contributed by atoms with van der Waals surface area (Å²) >= 11 is 0. The summed E-state index contributed by atoms with van der Waals surface area (Å²) in [6, 6.07) is 0. The maximum atomic E-state index is 11.9. The highest BCUT2D eigenvalue weighted by Crippen LogP contribution is 2.31. The van der Waals surface area contributed by atoms with E-state index < -0.39 is 0 Å². The number of carbonyl (C=O) groups is 2. The molecule has 1 amide bonds. The van der Waals surface area contributed by atoms with Gasteiger partial charge in [-0.1, -0.05) is 13.8 Å². The van der Waals surface area contributed by atoms with Gasteiger partial charge in [-0.3, -0.25) is 9.59 Å². The van der Waals surface area contributed by atoms with Crippen LogP contribution in [0.2, 0.25) is 0 Å². The zero-order valence-corrected chi connectivity index (χ0v) is 15.3. The molecule has 5 nitrogen and oxygen atoms in total. The Morgan fingerprint density at radius 1 is 1.29 bits per heavy atom. The lowest BCUT2D eigenvalue weighted by Gasteiger charge is -2.11. The average Bonchev–Trinajstić information content (AvgIpc) is 2.95. The number of rotatable bonds is 5. The first-order valence-corrected chi connectivity index (χ1v) is 8.29. The Labute approximate surface area is 143 Å². The van der Waals surface area contributed by atoms with Crippen LogP contribution < -0.4 is 5.32 Å². The molecule has 0 unspecified atom stereocenters. The number of aromatic nitrogens is 1. The number of nitrogens with one attached hydrogen (secondary N) is 2. The lowest BCUT2D eigenvalue weighted by atomic mass is 9.94. The molecule has 24 heavy (non-hydrogen) atoms. The number of aromatic amines is 1. The Morgan fingerprint density at radius 2 is 1.96 bits per heavy atom. The van der Waals surface area contributed by atoms with Crippen LogP contribution >= 0.6 is 0 Å². The van der Waals surface area contributed by atoms with Gasteiger partial charge in [0.1, 0.15) is 0 Å². The molecule has 2 rings (SSSR count). The molecule has 2 N–H and O–H groups in total. The minimum absolute atomic E-state index is 0.0293. The maximum absolute atomic E-state index is 11.9. The molecule has 0 bridgehead atoms. The van der Waals surface area contributed by atoms with E-state index in [1.165, 1.54) is 7.11 Å². The van der Waals surface area contributed by atoms with E-state index in [-0.39, 0.29) is 17.8 Å². The summed E-state index contributed by atoms with van der Waals surface area (Å²) in [7, 11) is 1.41. The molecule has 2 heterocycles. The molecular weight excluding hydrogens is 304 g/mol. The summed E-state index contributed by atoms with van der Waals surface area (Å²) in [4.78, 5) is 26.8. The molecule has 1 aromatic rings. The van der Waals surface area contributed by atoms with Crippen molar-refractivity contribution in [3.8, 4) is 0 Å². The zero-order valence-electron chi connectivity index (χ0n) is 15.3. The van der Waals surface area contributed by atoms with E-state index in [4.69, 9.17) is 4.74 Å². The molecule has 0 aliphatic carbocycles. The van der Waals surface area contributed by atoms with Crippen LogP contribution in [0, 0.1) is 13.8 Å². The predicted octanol–water partition coefficient (Wildman–Crippen LogP) is 3.50. The number of allylic oxidation sites excluding steroid dienone is 1. The Hall–Kier alpha value is -2.30. The van der Waals surface area contributed by atoms with Crippen molar-refractivity contribution >= 4 is 18.0 Å². The van der Waals surface area contributed by atoms with Gasteiger partial charge in [0.05, 0.1) is 13.5 Å². The van der Waals surface area contributed by atoms with Crippen molar-refractivity contribution in [2.24, 2.45) is 0 Å². The molecule has 5 heteroatoms. The Balaban J connectivity index is 2.38. The number of methoxy groups -OCH3 is 1. The first kappa shape index (κ1) is 18.0. The van der Waals surface area contributed by atoms with Crippen LogP contribution in [-0.2, 0) is 14.3 Å². The van der Waals surface area contributed by atoms with E-state index in [0.29, 0.717) is 6.42 Å². The summed E-state index contributed by atoms with van der Waals surface area (Å²) < 4.78 is 4.77. The summed E-state index contributed by atoms with van der Waals surface area (Å²) in [5, 5.41) is 2.93. The molecule has 0 radical (unpaired) electrons. The number of esters is 1. The van der Waals surface area contributed by atoms with E-state index in [0.717, 1.165) is 45.8 Å². The smallest absolute Gasteiger partial charge is 0.306 e. The van der Waals surface area contributed by atoms with Gasteiger partial charge >= 0.3 is 5.97 Å². The van der Waals surface area contributed by atoms with E-state index >= 15 is 0 Å². The Bertz CT molecular complexity index is 738. The number of hydrogen-bond donors (Lipinski definition) is 2. The molecule has 0 aromatic carbocycles. The van der Waals surface area contributed by atoms with Gasteiger partial charge in [0.2, 0.25) is 0 Å². The van der Waals surface area contributed by atoms with Crippen LogP contribution in [0.25, 0.3) is 6.08 Å². The largest absolute Gasteiger partial charge is 0.469 e. The van der Waals surface area contributed by atoms with Gasteiger partial charge in [-0.05, 0) is 55.9 Å². The second-order valence-corrected chi connectivity index (χ2v) is 6.35. The zero-order chi connectivity index (χ0) is 18.0. The number of ether oxygens (including phenoxy) is 1. The molecular formula is C19H26N2O3. The fourth-order valence-electron chi connectivity index (χ4n) is 3.46. The average molecular weight is 330 g/mol. The number of H-pyrrole nitrogens is 1. The van der Waals surface area contributed by atoms with Crippen LogP contribution in [-0.4, -0.2) is 24.0 Å². The van der Waals surface area contributed by atoms with Gasteiger partial charge in [0.25, 0.3) is 5.91 Å². The molecule has 1 aromatic heterocycles. The van der Waals surface area contributed by atoms with E-state index in [2.05, 4.69) is 10.3 Å². The number of amides is 1. The molecule has 0 saturated carbocycles. The SMILES string of the molecule is CCC1=C(C)C(=O)N/C1=C\c1[nH]c(C)c([C@@H](C)CC(=O)OC)c1C. The quantitative estimate of drug-likeness (QED) is 0.812. The molecule has 0 fully saturated rings. The third-order valence-electron chi connectivity index (χ3n) is 4.74. The van der Waals surface area contributed by atoms with Crippen LogP contribution in [0.3, 0.4) is 0 Å². The third kappa shape index (κ3) is 3.30. The molecule has 1 aliphatic heterocycles. The van der Waals surface area contributed by atoms with Crippen molar-refractivity contribution in [3.05, 3.63) is 39.4 Å². The van der Waals surface area contributed by atoms with Crippen LogP contribution in [0.15, 0.2) is 16.8 Å². The molecule has 1 atom stereocenters. The van der Waals surface area contributed by atoms with Gasteiger partial charge in [-0.15, -0.1) is 0 Å². The van der Waals surface area contributed by atoms with Crippen molar-refractivity contribution in [1.82, 2.24) is 10.3 Å². The summed E-state index contributed by atoms with van der Waals surface area (Å²) in [6.45, 7) is 9.97. The van der Waals surface area contributed by atoms with Gasteiger partial charge < -0.3 is 15.0 Å². The number of carbonyl (C=O) groups excluding carboxylic acids is 2. The van der Waals surface area contributed by atoms with Gasteiger partial charge in [0.15, 0.2) is 0 Å². The highest BCUT2D eigenvalue weighted by molar-refractivity contribution is 6.00. The van der Waals surface area contributed by atoms with Crippen molar-refractivity contribution in [2.45, 2.75) is 53.4 Å². The first-order valence-electron chi connectivity index (χ1n) is 8.29. The van der Waals surface area contributed by atoms with E-state index in [1.54, 1.807) is 0 Å². The predicted molar refractivity (Wildman–Crippen MR) is 94.4 cm³/mol. The lowest BCUT2D eigenvalue weighted by Crippen LogP contribution is -2.15. The van der Waals surface area contributed by atoms with Gasteiger partial charge in [-0.25, -0.2) is 0 Å². The summed E-state index contributed by atoms with van der Waals surface area (Å²) in [5.74, 6) is -0.169. The second kappa shape index (κ2) is 7.07. The van der Waals surface area contributed by atoms with Crippen LogP contribution in [0.4, 0.5) is 0 Å². The fraction of sp³-hybridized carbons (Fsp3) is 0.474. The normalized spacial score (nSPS) is 17.4. The van der Waals surface area contributed by atoms with Crippen molar-refractivity contribution in [1.29, 1.82) is 0 Å². The van der Waals surface area contributed by atoms with E-state index in [1.807, 2.05) is 40.7 Å². The Morgan fingerprint density at radius 3 is 2.54 bits per heavy atom. The minimum atomic E-state index is -0.211. The van der Waals surface area contributed by atoms with Crippen molar-refractivity contribution < 1.29 is 14.3 Å². The summed E-state index contributed by atoms with van der Waals surface area (Å²) in [5.41, 5.74) is 6.94. The molecule has 0 spiro atoms. The third-order valence-corrected chi connectivity index (χ3v) is 4.74. The van der Waals surface area contributed by atoms with Crippen LogP contribution in [0.1, 0.15) is 62.0 Å². The summed E-state index contributed by atoms with van der Waals surface area (Å²) in [6.07, 6.45) is 3.15. The first-order chi connectivity index (χ1) is 11.3. The molecule has 0 saturated heterocycles. The maximum Gasteiger partial charge on any atom is 0.306 e. The highest BCUT2D eigenvalue weighted by Gasteiger charge is 2.24. The lowest BCUT2D eigenvalue weighted by molar-refractivity contribution is -0.141. The monoisotopic (exact) mass is 330 g/mol. The topological polar surface area (TPSA) is 71.2 Å². The Kier molecular flexibility index (Phi) is 5.32. The second-order valence-electron chi connectivity index (χ2n) is 6.35. The molecule has 130 valence electrons. The van der Waals surface area contributed by atoms with Gasteiger partial charge in [-0.2, -0.15) is 0 Å². The fourth-order valence-corrected chi connectivity index (χ4v) is 3.46. The van der Waals surface area contributed by atoms with Crippen molar-refractivity contribution in [2.75, 3.05) is 7.11 Å². The number of hydrogen-bond acceptors (Lipinski definition) is 3. The number of aryl methyl sites for hydroxylation is 1. The standard InChI is InChI=1S/C19H26N2O3/c1-7-14-11(3)19(23)21-16(14)9-15-12(4)18(13(5)20-15)10(2)8-17(22)24-6/h9-10,20H,7-8H2,1-6H3,(H,21,23)/b16-9-/t10-/m0/s1. The molecule has 1 aliphatic rings.